The summed E-state index contributed by atoms with van der Waals surface area (Å²) in [6.07, 6.45) is 4.19. The highest BCUT2D eigenvalue weighted by Gasteiger charge is 2.68. The minimum Gasteiger partial charge on any atom is -0.478 e. The lowest BCUT2D eigenvalue weighted by atomic mass is 9.75. The Morgan fingerprint density at radius 1 is 1.09 bits per heavy atom. The van der Waals surface area contributed by atoms with Crippen LogP contribution >= 0.6 is 0 Å². The van der Waals surface area contributed by atoms with Crippen LogP contribution in [0.15, 0.2) is 48.5 Å². The van der Waals surface area contributed by atoms with Crippen molar-refractivity contribution in [1.29, 1.82) is 0 Å². The van der Waals surface area contributed by atoms with E-state index >= 15 is 0 Å². The fourth-order valence-electron chi connectivity index (χ4n) is 5.85. The molecule has 7 heteroatoms. The lowest BCUT2D eigenvalue weighted by Gasteiger charge is -2.45. The monoisotopic (exact) mass is 455 g/mol. The van der Waals surface area contributed by atoms with Crippen LogP contribution in [-0.2, 0) is 27.7 Å². The first-order valence-corrected chi connectivity index (χ1v) is 12.8. The van der Waals surface area contributed by atoms with Crippen LogP contribution in [-0.4, -0.2) is 37.1 Å². The zero-order valence-corrected chi connectivity index (χ0v) is 19.5. The zero-order valence-electron chi connectivity index (χ0n) is 18.7. The van der Waals surface area contributed by atoms with Gasteiger partial charge in [-0.25, -0.2) is 13.2 Å². The Kier molecular flexibility index (Phi) is 5.44. The molecule has 2 fully saturated rings. The van der Waals surface area contributed by atoms with Crippen molar-refractivity contribution in [3.05, 3.63) is 65.2 Å². The molecule has 170 valence electrons. The Morgan fingerprint density at radius 3 is 2.28 bits per heavy atom. The molecule has 0 heterocycles. The van der Waals surface area contributed by atoms with Crippen molar-refractivity contribution in [3.8, 4) is 0 Å². The van der Waals surface area contributed by atoms with Crippen LogP contribution in [0.1, 0.15) is 54.6 Å². The summed E-state index contributed by atoms with van der Waals surface area (Å²) in [6, 6.07) is 14.2. The van der Waals surface area contributed by atoms with E-state index in [0.717, 1.165) is 17.5 Å². The molecule has 0 saturated heterocycles. The zero-order chi connectivity index (χ0) is 23.3. The lowest BCUT2D eigenvalue weighted by molar-refractivity contribution is -0.123. The standard InChI is InChI=1S/C25H29NO5S/c1-24(2)19-14-15-25(24,22(27)16-19)26(32(3,30)31)20-12-9-17(10-13-20)8-11-18-6-4-5-7-21(18)23(28)29/h4-7,9-10,12-13,19H,8,11,14-16H2,1-3H3,(H,28,29). The maximum atomic E-state index is 13.1. The number of carboxylic acids is 1. The second-order valence-electron chi connectivity index (χ2n) is 9.60. The molecule has 2 saturated carbocycles. The number of sulfonamides is 1. The van der Waals surface area contributed by atoms with E-state index in [1.807, 2.05) is 38.1 Å². The van der Waals surface area contributed by atoms with Gasteiger partial charge in [0, 0.05) is 6.42 Å². The third-order valence-corrected chi connectivity index (χ3v) is 8.80. The number of nitrogens with zero attached hydrogens (tertiary/aromatic N) is 1. The molecule has 2 bridgehead atoms. The number of benzene rings is 2. The van der Waals surface area contributed by atoms with Gasteiger partial charge in [-0.15, -0.1) is 0 Å². The van der Waals surface area contributed by atoms with Gasteiger partial charge in [-0.05, 0) is 66.3 Å². The molecule has 0 aliphatic heterocycles. The first-order chi connectivity index (χ1) is 15.0. The summed E-state index contributed by atoms with van der Waals surface area (Å²) >= 11 is 0. The van der Waals surface area contributed by atoms with Crippen molar-refractivity contribution in [2.45, 2.75) is 51.5 Å². The van der Waals surface area contributed by atoms with Gasteiger partial charge in [-0.2, -0.15) is 0 Å². The van der Waals surface area contributed by atoms with E-state index in [-0.39, 0.29) is 11.7 Å². The third kappa shape index (κ3) is 3.43. The quantitative estimate of drug-likeness (QED) is 0.679. The smallest absolute Gasteiger partial charge is 0.335 e. The number of rotatable bonds is 7. The van der Waals surface area contributed by atoms with E-state index in [1.165, 1.54) is 10.6 Å². The average molecular weight is 456 g/mol. The van der Waals surface area contributed by atoms with E-state index in [1.54, 1.807) is 24.3 Å². The average Bonchev–Trinajstić information content (AvgIpc) is 3.08. The number of carbonyl (C=O) groups excluding carboxylic acids is 1. The molecule has 6 nitrogen and oxygen atoms in total. The number of hydrogen-bond donors (Lipinski definition) is 1. The molecule has 0 aromatic heterocycles. The van der Waals surface area contributed by atoms with Crippen LogP contribution in [0.2, 0.25) is 0 Å². The summed E-state index contributed by atoms with van der Waals surface area (Å²) < 4.78 is 27.3. The maximum absolute atomic E-state index is 13.1. The minimum atomic E-state index is -3.69. The first-order valence-electron chi connectivity index (χ1n) is 10.9. The molecule has 2 aliphatic rings. The Balaban J connectivity index is 1.62. The molecule has 32 heavy (non-hydrogen) atoms. The number of anilines is 1. The molecule has 2 aliphatic carbocycles. The molecular weight excluding hydrogens is 426 g/mol. The molecule has 0 amide bonds. The highest BCUT2D eigenvalue weighted by Crippen LogP contribution is 2.62. The van der Waals surface area contributed by atoms with Crippen LogP contribution in [0, 0.1) is 11.3 Å². The summed E-state index contributed by atoms with van der Waals surface area (Å²) in [5.41, 5.74) is 1.08. The highest BCUT2D eigenvalue weighted by atomic mass is 32.2. The number of fused-ring (bicyclic) bond motifs is 2. The molecule has 2 aromatic carbocycles. The summed E-state index contributed by atoms with van der Waals surface area (Å²) in [5, 5.41) is 9.37. The van der Waals surface area contributed by atoms with Gasteiger partial charge < -0.3 is 5.11 Å². The topological polar surface area (TPSA) is 91.8 Å². The minimum absolute atomic E-state index is 0.0125. The Morgan fingerprint density at radius 2 is 1.75 bits per heavy atom. The Hall–Kier alpha value is -2.67. The molecule has 0 radical (unpaired) electrons. The maximum Gasteiger partial charge on any atom is 0.335 e. The van der Waals surface area contributed by atoms with Crippen molar-refractivity contribution in [2.75, 3.05) is 10.6 Å². The molecule has 2 atom stereocenters. The largest absolute Gasteiger partial charge is 0.478 e. The normalized spacial score (nSPS) is 24.0. The van der Waals surface area contributed by atoms with E-state index in [0.29, 0.717) is 36.9 Å². The molecule has 2 unspecified atom stereocenters. The van der Waals surface area contributed by atoms with Crippen molar-refractivity contribution >= 4 is 27.5 Å². The van der Waals surface area contributed by atoms with E-state index < -0.39 is 26.9 Å². The number of ketones is 1. The van der Waals surface area contributed by atoms with Crippen molar-refractivity contribution in [3.63, 3.8) is 0 Å². The first kappa shape index (κ1) is 22.5. The van der Waals surface area contributed by atoms with Crippen molar-refractivity contribution in [1.82, 2.24) is 0 Å². The van der Waals surface area contributed by atoms with Gasteiger partial charge >= 0.3 is 5.97 Å². The SMILES string of the molecule is CC1(C)C2CCC1(N(c1ccc(CCc3ccccc3C(=O)O)cc1)S(C)(=O)=O)C(=O)C2. The summed E-state index contributed by atoms with van der Waals surface area (Å²) in [4.78, 5) is 24.5. The number of aryl methyl sites for hydroxylation is 2. The fraction of sp³-hybridized carbons (Fsp3) is 0.440. The van der Waals surface area contributed by atoms with Crippen molar-refractivity contribution < 1.29 is 23.1 Å². The van der Waals surface area contributed by atoms with Gasteiger partial charge in [-0.3, -0.25) is 9.10 Å². The van der Waals surface area contributed by atoms with Gasteiger partial charge in [0.05, 0.1) is 17.5 Å². The van der Waals surface area contributed by atoms with Crippen LogP contribution in [0.4, 0.5) is 5.69 Å². The van der Waals surface area contributed by atoms with Gasteiger partial charge in [0.25, 0.3) is 0 Å². The summed E-state index contributed by atoms with van der Waals surface area (Å²) in [5.74, 6) is -0.732. The highest BCUT2D eigenvalue weighted by molar-refractivity contribution is 7.92. The second-order valence-corrected chi connectivity index (χ2v) is 11.4. The number of aromatic carboxylic acids is 1. The van der Waals surface area contributed by atoms with Gasteiger partial charge in [0.1, 0.15) is 5.54 Å². The predicted molar refractivity (Wildman–Crippen MR) is 123 cm³/mol. The van der Waals surface area contributed by atoms with Crippen LogP contribution in [0.25, 0.3) is 0 Å². The number of Topliss-reactive ketones (excluding diaryl/α,β-unsaturated/α-hetero) is 1. The second kappa shape index (κ2) is 7.73. The van der Waals surface area contributed by atoms with Crippen LogP contribution in [0.5, 0.6) is 0 Å². The van der Waals surface area contributed by atoms with Crippen molar-refractivity contribution in [2.24, 2.45) is 11.3 Å². The van der Waals surface area contributed by atoms with Gasteiger partial charge in [-0.1, -0.05) is 44.2 Å². The number of carbonyl (C=O) groups is 2. The fourth-order valence-corrected chi connectivity index (χ4v) is 7.35. The van der Waals surface area contributed by atoms with E-state index in [4.69, 9.17) is 0 Å². The molecule has 1 N–H and O–H groups in total. The lowest BCUT2D eigenvalue weighted by Crippen LogP contribution is -2.60. The van der Waals surface area contributed by atoms with E-state index in [9.17, 15) is 23.1 Å². The van der Waals surface area contributed by atoms with E-state index in [2.05, 4.69) is 0 Å². The molecule has 4 rings (SSSR count). The number of hydrogen-bond acceptors (Lipinski definition) is 4. The molecule has 2 aromatic rings. The van der Waals surface area contributed by atoms with Crippen LogP contribution < -0.4 is 4.31 Å². The number of carboxylic acid groups (broad SMARTS) is 1. The third-order valence-electron chi connectivity index (χ3n) is 7.61. The van der Waals surface area contributed by atoms with Gasteiger partial charge in [0.2, 0.25) is 10.0 Å². The Bertz CT molecular complexity index is 1170. The predicted octanol–water partition coefficient (Wildman–Crippen LogP) is 4.08. The molecular formula is C25H29NO5S. The molecule has 0 spiro atoms. The van der Waals surface area contributed by atoms with Crippen LogP contribution in [0.3, 0.4) is 0 Å². The van der Waals surface area contributed by atoms with Gasteiger partial charge in [0.15, 0.2) is 5.78 Å². The summed E-state index contributed by atoms with van der Waals surface area (Å²) in [6.45, 7) is 4.03. The summed E-state index contributed by atoms with van der Waals surface area (Å²) in [7, 11) is -3.69. The Labute approximate surface area is 189 Å².